The van der Waals surface area contributed by atoms with Gasteiger partial charge in [0.05, 0.1) is 11.6 Å². The number of carbonyl (C=O) groups is 1. The van der Waals surface area contributed by atoms with E-state index in [9.17, 15) is 18.0 Å². The maximum absolute atomic E-state index is 13.1. The van der Waals surface area contributed by atoms with E-state index in [0.717, 1.165) is 16.0 Å². The van der Waals surface area contributed by atoms with Crippen LogP contribution in [0.4, 0.5) is 13.2 Å². The summed E-state index contributed by atoms with van der Waals surface area (Å²) in [6.07, 6.45) is -0.528. The Bertz CT molecular complexity index is 1030. The molecular weight excluding hydrogens is 404 g/mol. The minimum absolute atomic E-state index is 0.113. The van der Waals surface area contributed by atoms with Gasteiger partial charge in [-0.25, -0.2) is 0 Å². The maximum Gasteiger partial charge on any atom is 0.420 e. The number of alkyl halides is 3. The Kier molecular flexibility index (Phi) is 5.38. The summed E-state index contributed by atoms with van der Waals surface area (Å²) < 4.78 is 40.4. The first kappa shape index (κ1) is 19.2. The van der Waals surface area contributed by atoms with Crippen molar-refractivity contribution in [2.75, 3.05) is 0 Å². The Morgan fingerprint density at radius 2 is 1.96 bits per heavy atom. The molecule has 0 bridgehead atoms. The van der Waals surface area contributed by atoms with Crippen molar-refractivity contribution in [1.82, 2.24) is 19.9 Å². The van der Waals surface area contributed by atoms with E-state index in [-0.39, 0.29) is 23.0 Å². The smallest absolute Gasteiger partial charge is 0.345 e. The number of benzene rings is 1. The molecule has 2 aromatic heterocycles. The predicted molar refractivity (Wildman–Crippen MR) is 95.3 cm³/mol. The number of hydrogen-bond acceptors (Lipinski definition) is 3. The Balaban J connectivity index is 1.75. The highest BCUT2D eigenvalue weighted by atomic mass is 35.5. The minimum atomic E-state index is -4.63. The number of rotatable bonds is 4. The molecule has 0 saturated heterocycles. The van der Waals surface area contributed by atoms with Gasteiger partial charge in [-0.15, -0.1) is 10.2 Å². The fraction of sp³-hybridized carbons (Fsp3) is 0.118. The van der Waals surface area contributed by atoms with Crippen molar-refractivity contribution >= 4 is 40.8 Å². The third-order valence-corrected chi connectivity index (χ3v) is 3.99. The number of halogens is 5. The zero-order chi connectivity index (χ0) is 19.6. The minimum Gasteiger partial charge on any atom is -0.345 e. The Morgan fingerprint density at radius 1 is 1.19 bits per heavy atom. The Labute approximate surface area is 161 Å². The molecule has 1 amide bonds. The molecule has 0 aliphatic rings. The number of amides is 1. The normalized spacial score (nSPS) is 12.0. The van der Waals surface area contributed by atoms with Gasteiger partial charge >= 0.3 is 6.18 Å². The number of pyridine rings is 1. The first-order valence-electron chi connectivity index (χ1n) is 7.56. The molecule has 10 heteroatoms. The molecule has 1 aromatic carbocycles. The van der Waals surface area contributed by atoms with Crippen LogP contribution in [0.15, 0.2) is 42.6 Å². The van der Waals surface area contributed by atoms with Gasteiger partial charge in [0.2, 0.25) is 5.91 Å². The maximum atomic E-state index is 13.1. The van der Waals surface area contributed by atoms with Crippen LogP contribution in [-0.4, -0.2) is 20.5 Å². The fourth-order valence-corrected chi connectivity index (χ4v) is 2.75. The molecule has 0 saturated carbocycles. The lowest BCUT2D eigenvalue weighted by Gasteiger charge is -2.09. The van der Waals surface area contributed by atoms with Crippen molar-refractivity contribution in [2.24, 2.45) is 0 Å². The molecule has 3 rings (SSSR count). The zero-order valence-electron chi connectivity index (χ0n) is 13.5. The second-order valence-corrected chi connectivity index (χ2v) is 6.36. The number of nitrogens with one attached hydrogen (secondary N) is 1. The summed E-state index contributed by atoms with van der Waals surface area (Å²) >= 11 is 11.6. The van der Waals surface area contributed by atoms with E-state index in [1.54, 1.807) is 30.3 Å². The largest absolute Gasteiger partial charge is 0.420 e. The second-order valence-electron chi connectivity index (χ2n) is 5.49. The van der Waals surface area contributed by atoms with Gasteiger partial charge in [0.25, 0.3) is 0 Å². The predicted octanol–water partition coefficient (Wildman–Crippen LogP) is 4.38. The third kappa shape index (κ3) is 4.58. The molecule has 5 nitrogen and oxygen atoms in total. The molecule has 27 heavy (non-hydrogen) atoms. The van der Waals surface area contributed by atoms with E-state index in [2.05, 4.69) is 15.5 Å². The quantitative estimate of drug-likeness (QED) is 0.644. The lowest BCUT2D eigenvalue weighted by molar-refractivity contribution is -0.136. The van der Waals surface area contributed by atoms with E-state index < -0.39 is 17.6 Å². The van der Waals surface area contributed by atoms with Crippen LogP contribution in [0.1, 0.15) is 17.0 Å². The monoisotopic (exact) mass is 414 g/mol. The van der Waals surface area contributed by atoms with Crippen molar-refractivity contribution in [3.05, 3.63) is 69.6 Å². The topological polar surface area (TPSA) is 59.3 Å². The number of fused-ring (bicyclic) bond motifs is 1. The van der Waals surface area contributed by atoms with Crippen LogP contribution >= 0.6 is 23.2 Å². The Morgan fingerprint density at radius 3 is 2.67 bits per heavy atom. The van der Waals surface area contributed by atoms with Gasteiger partial charge in [0.1, 0.15) is 5.56 Å². The van der Waals surface area contributed by atoms with Gasteiger partial charge in [-0.3, -0.25) is 9.20 Å². The van der Waals surface area contributed by atoms with Crippen LogP contribution in [0, 0.1) is 0 Å². The summed E-state index contributed by atoms with van der Waals surface area (Å²) in [5.74, 6) is -0.340. The molecule has 0 fully saturated rings. The zero-order valence-corrected chi connectivity index (χ0v) is 15.0. The van der Waals surface area contributed by atoms with Gasteiger partial charge in [-0.05, 0) is 29.8 Å². The highest BCUT2D eigenvalue weighted by molar-refractivity contribution is 6.31. The van der Waals surface area contributed by atoms with Gasteiger partial charge < -0.3 is 5.32 Å². The van der Waals surface area contributed by atoms with E-state index >= 15 is 0 Å². The van der Waals surface area contributed by atoms with Crippen LogP contribution in [0.5, 0.6) is 0 Å². The molecule has 0 aliphatic carbocycles. The summed E-state index contributed by atoms with van der Waals surface area (Å²) in [4.78, 5) is 11.9. The molecule has 0 atom stereocenters. The van der Waals surface area contributed by atoms with E-state index in [1.165, 1.54) is 12.3 Å². The van der Waals surface area contributed by atoms with E-state index in [0.29, 0.717) is 5.02 Å². The van der Waals surface area contributed by atoms with Gasteiger partial charge in [0.15, 0.2) is 11.5 Å². The molecule has 140 valence electrons. The lowest BCUT2D eigenvalue weighted by Crippen LogP contribution is -2.21. The van der Waals surface area contributed by atoms with E-state index in [1.807, 2.05) is 0 Å². The summed E-state index contributed by atoms with van der Waals surface area (Å²) in [7, 11) is 0. The summed E-state index contributed by atoms with van der Waals surface area (Å²) in [6, 6.07) is 7.67. The molecular formula is C17H11Cl2F3N4O. The summed E-state index contributed by atoms with van der Waals surface area (Å²) in [5.41, 5.74) is -0.654. The molecule has 0 radical (unpaired) electrons. The molecule has 0 spiro atoms. The molecule has 1 N–H and O–H groups in total. The van der Waals surface area contributed by atoms with Crippen molar-refractivity contribution in [3.8, 4) is 0 Å². The third-order valence-electron chi connectivity index (χ3n) is 3.54. The number of hydrogen-bond donors (Lipinski definition) is 1. The second kappa shape index (κ2) is 7.58. The van der Waals surface area contributed by atoms with Crippen LogP contribution in [-0.2, 0) is 17.5 Å². The lowest BCUT2D eigenvalue weighted by atomic mass is 10.2. The average Bonchev–Trinajstić information content (AvgIpc) is 2.99. The summed E-state index contributed by atoms with van der Waals surface area (Å²) in [5, 5.41) is 10.2. The molecule has 3 aromatic rings. The standard InChI is InChI=1S/C17H11Cl2F3N4O/c18-11-3-1-2-10(6-11)4-5-15(27)23-8-14-24-25-16-13(17(20,21)22)7-12(19)9-26(14)16/h1-7,9H,8H2,(H,23,27). The van der Waals surface area contributed by atoms with Gasteiger partial charge in [0, 0.05) is 17.3 Å². The van der Waals surface area contributed by atoms with Crippen LogP contribution in [0.25, 0.3) is 11.7 Å². The van der Waals surface area contributed by atoms with Gasteiger partial charge in [-0.2, -0.15) is 13.2 Å². The van der Waals surface area contributed by atoms with E-state index in [4.69, 9.17) is 23.2 Å². The SMILES string of the molecule is O=C(C=Cc1cccc(Cl)c1)NCc1nnc2c(C(F)(F)F)cc(Cl)cn12. The first-order valence-corrected chi connectivity index (χ1v) is 8.31. The molecule has 0 unspecified atom stereocenters. The van der Waals surface area contributed by atoms with Crippen molar-refractivity contribution in [2.45, 2.75) is 12.7 Å². The number of carbonyl (C=O) groups excluding carboxylic acids is 1. The van der Waals surface area contributed by atoms with Crippen LogP contribution < -0.4 is 5.32 Å². The first-order chi connectivity index (χ1) is 12.7. The van der Waals surface area contributed by atoms with Crippen molar-refractivity contribution in [1.29, 1.82) is 0 Å². The molecule has 2 heterocycles. The van der Waals surface area contributed by atoms with Crippen LogP contribution in [0.3, 0.4) is 0 Å². The molecule has 0 aliphatic heterocycles. The number of aromatic nitrogens is 3. The Hall–Kier alpha value is -2.58. The highest BCUT2D eigenvalue weighted by Crippen LogP contribution is 2.33. The average molecular weight is 415 g/mol. The highest BCUT2D eigenvalue weighted by Gasteiger charge is 2.35. The number of nitrogens with zero attached hydrogens (tertiary/aromatic N) is 3. The van der Waals surface area contributed by atoms with Crippen molar-refractivity contribution < 1.29 is 18.0 Å². The van der Waals surface area contributed by atoms with Crippen molar-refractivity contribution in [3.63, 3.8) is 0 Å². The van der Waals surface area contributed by atoms with Crippen LogP contribution in [0.2, 0.25) is 10.0 Å². The fourth-order valence-electron chi connectivity index (χ4n) is 2.34. The summed E-state index contributed by atoms with van der Waals surface area (Å²) in [6.45, 7) is -0.127. The van der Waals surface area contributed by atoms with Gasteiger partial charge in [-0.1, -0.05) is 35.3 Å².